The van der Waals surface area contributed by atoms with Gasteiger partial charge < -0.3 is 19.7 Å². The van der Waals surface area contributed by atoms with Crippen LogP contribution in [0.1, 0.15) is 154 Å². The Hall–Kier alpha value is -2.82. The molecule has 9 heteroatoms. The van der Waals surface area contributed by atoms with Crippen molar-refractivity contribution in [2.24, 2.45) is 44.3 Å². The van der Waals surface area contributed by atoms with Crippen molar-refractivity contribution in [1.29, 1.82) is 10.5 Å². The van der Waals surface area contributed by atoms with Crippen LogP contribution in [0.4, 0.5) is 0 Å². The van der Waals surface area contributed by atoms with E-state index in [2.05, 4.69) is 146 Å². The second-order valence-electron chi connectivity index (χ2n) is 26.9. The summed E-state index contributed by atoms with van der Waals surface area (Å²) in [6.45, 7) is 26.7. The second kappa shape index (κ2) is 11.5. The molecule has 342 valence electrons. The van der Waals surface area contributed by atoms with Crippen molar-refractivity contribution in [2.75, 3.05) is 7.05 Å². The minimum atomic E-state index is -0.803. The lowest BCUT2D eigenvalue weighted by molar-refractivity contribution is -0.246. The van der Waals surface area contributed by atoms with Crippen LogP contribution in [0.15, 0.2) is 24.3 Å². The van der Waals surface area contributed by atoms with Crippen molar-refractivity contribution in [3.05, 3.63) is 57.6 Å². The summed E-state index contributed by atoms with van der Waals surface area (Å²) in [5, 5.41) is 41.4. The fraction of sp³-hybridized carbons (Fsp3) is 0.745. The van der Waals surface area contributed by atoms with E-state index < -0.39 is 11.2 Å². The molecule has 14 aliphatic rings. The van der Waals surface area contributed by atoms with Gasteiger partial charge in [-0.3, -0.25) is 9.80 Å². The highest BCUT2D eigenvalue weighted by Crippen LogP contribution is 2.88. The van der Waals surface area contributed by atoms with Gasteiger partial charge in [0.25, 0.3) is 0 Å². The van der Waals surface area contributed by atoms with E-state index in [4.69, 9.17) is 14.7 Å². The van der Waals surface area contributed by atoms with Gasteiger partial charge in [-0.1, -0.05) is 79.7 Å². The predicted octanol–water partition coefficient (Wildman–Crippen LogP) is 9.93. The highest BCUT2D eigenvalue weighted by Gasteiger charge is 2.93. The molecule has 8 saturated carbocycles. The number of ether oxygens (including phenoxy) is 2. The molecule has 2 N–H and O–H groups in total. The summed E-state index contributed by atoms with van der Waals surface area (Å²) in [4.78, 5) is 6.42. The quantitative estimate of drug-likeness (QED) is 0.226. The molecule has 0 aromatic heterocycles. The summed E-state index contributed by atoms with van der Waals surface area (Å²) in [6.07, 6.45) is 14.3. The molecule has 4 heterocycles. The molecule has 6 spiro atoms. The molecule has 16 rings (SSSR count). The predicted molar refractivity (Wildman–Crippen MR) is 250 cm³/mol. The smallest absolute Gasteiger partial charge is 0.180 e. The summed E-state index contributed by atoms with van der Waals surface area (Å²) in [5.41, 5.74) is 7.41. The number of fused-ring (bicyclic) bond motifs is 4. The molecular weight excluding hydrogens is 861 g/mol. The molecule has 8 nitrogen and oxygen atoms in total. The maximum Gasteiger partial charge on any atom is 0.180 e. The number of likely N-dealkylation sites (N-methyl/N-ethyl adjacent to an activating group) is 1. The summed E-state index contributed by atoms with van der Waals surface area (Å²) in [6, 6.07) is 10.2. The van der Waals surface area contributed by atoms with Crippen molar-refractivity contribution in [3.63, 3.8) is 0 Å². The normalized spacial score (nSPS) is 48.8. The van der Waals surface area contributed by atoms with Gasteiger partial charge >= 0.3 is 0 Å². The minimum absolute atomic E-state index is 0.00907. The highest BCUT2D eigenvalue weighted by atomic mass is 79.9. The molecule has 10 aliphatic carbocycles. The third kappa shape index (κ3) is 4.02. The van der Waals surface area contributed by atoms with Crippen LogP contribution in [0, 0.1) is 79.9 Å². The highest BCUT2D eigenvalue weighted by molar-refractivity contribution is 9.12. The number of aryl methyl sites for hydroxylation is 2. The first-order chi connectivity index (χ1) is 29.7. The zero-order valence-electron chi connectivity index (χ0n) is 40.7. The Labute approximate surface area is 390 Å². The van der Waals surface area contributed by atoms with Crippen molar-refractivity contribution in [3.8, 4) is 22.7 Å². The molecule has 2 saturated heterocycles. The van der Waals surface area contributed by atoms with Gasteiger partial charge in [0.15, 0.2) is 6.19 Å². The lowest BCUT2D eigenvalue weighted by Crippen LogP contribution is -2.73. The van der Waals surface area contributed by atoms with E-state index in [1.165, 1.54) is 53.7 Å². The van der Waals surface area contributed by atoms with Crippen LogP contribution < -0.4 is 9.47 Å². The molecule has 10 fully saturated rings. The molecule has 2 aromatic rings. The number of nitriles is 2. The molecule has 2 aromatic carbocycles. The van der Waals surface area contributed by atoms with E-state index in [9.17, 15) is 15.5 Å². The lowest BCUT2D eigenvalue weighted by atomic mass is 9.35. The van der Waals surface area contributed by atoms with Gasteiger partial charge in [-0.25, -0.2) is 0 Å². The molecule has 0 radical (unpaired) electrons. The Morgan fingerprint density at radius 3 is 1.50 bits per heavy atom. The largest absolute Gasteiger partial charge is 0.488 e. The standard InChI is InChI=1S/C27H34N2O2.C27H37NO2.CBrN/c1-15-7-8-16-11-26-13-27-18(16)19(15)31-21(27)23(5)9-10-25(27,20(26)29(26)14-28)12-17(23)24(6,30)22(2,3)4;1-15-8-9-16-12-26-14-27-18(16)19(15)30-21(27)23(5)10-11-25(27,20(26)28(26)7)13-17(23)24(6,29)22(2,3)4;2-1-3/h7-8,17,20-21,30H,9-13H2,1-6H3;8-9,17,20-21,29H,10-14H2,1-7H3;/t17?,20-,21?,23?,24?,25?,26?,27-,29?;17?,20-,21?,23?,24?,25?,26?,27-,28?;/m00./s1. The Kier molecular flexibility index (Phi) is 7.66. The van der Waals surface area contributed by atoms with E-state index in [1.54, 1.807) is 16.1 Å². The molecule has 13 unspecified atom stereocenters. The maximum absolute atomic E-state index is 12.0. The maximum atomic E-state index is 12.0. The van der Waals surface area contributed by atoms with Crippen LogP contribution in [-0.4, -0.2) is 73.6 Å². The van der Waals surface area contributed by atoms with Crippen molar-refractivity contribution >= 4 is 15.9 Å². The number of aliphatic hydroxyl groups is 2. The number of likely N-dealkylation sites (tertiary alicyclic amines) is 2. The van der Waals surface area contributed by atoms with Gasteiger partial charge in [0.2, 0.25) is 0 Å². The SMILES string of the molecule is Cc1ccc2c3c1OC1C4(C)CCC5(CC4C(C)(O)C(C)(C)C)[C@@H]4N(C#N)C4(C2)C[C@]315.Cc1ccc2c3c1OC1C4(C)CCC5(CC4C(C)(O)C(C)(C)C)[C@@H]4N(C)C4(C2)C[C@]315.N#CBr. The zero-order valence-corrected chi connectivity index (χ0v) is 42.3. The van der Waals surface area contributed by atoms with Crippen molar-refractivity contribution in [1.82, 2.24) is 9.80 Å². The van der Waals surface area contributed by atoms with Gasteiger partial charge in [-0.2, -0.15) is 10.5 Å². The van der Waals surface area contributed by atoms with Gasteiger partial charge in [0.05, 0.1) is 22.8 Å². The Bertz CT molecular complexity index is 2580. The van der Waals surface area contributed by atoms with Crippen LogP contribution in [-0.2, 0) is 23.7 Å². The molecule has 8 bridgehead atoms. The number of halogens is 1. The van der Waals surface area contributed by atoms with Crippen LogP contribution >= 0.6 is 15.9 Å². The third-order valence-corrected chi connectivity index (χ3v) is 23.5. The molecule has 4 aliphatic heterocycles. The first-order valence-corrected chi connectivity index (χ1v) is 25.4. The molecule has 64 heavy (non-hydrogen) atoms. The fourth-order valence-electron chi connectivity index (χ4n) is 20.0. The Balaban J connectivity index is 0.000000128. The first kappa shape index (κ1) is 42.5. The van der Waals surface area contributed by atoms with E-state index in [-0.39, 0.29) is 72.9 Å². The number of hydrogen-bond donors (Lipinski definition) is 2. The van der Waals surface area contributed by atoms with Gasteiger partial charge in [0.1, 0.15) is 28.7 Å². The molecular formula is C55H71BrN4O4. The van der Waals surface area contributed by atoms with E-state index in [0.29, 0.717) is 17.6 Å². The first-order valence-electron chi connectivity index (χ1n) is 24.6. The topological polar surface area (TPSA) is 113 Å². The van der Waals surface area contributed by atoms with Crippen molar-refractivity contribution < 1.29 is 19.7 Å². The number of rotatable bonds is 2. The van der Waals surface area contributed by atoms with Gasteiger partial charge in [-0.15, -0.1) is 0 Å². The average molecular weight is 932 g/mol. The van der Waals surface area contributed by atoms with Crippen LogP contribution in [0.5, 0.6) is 11.5 Å². The minimum Gasteiger partial charge on any atom is -0.488 e. The van der Waals surface area contributed by atoms with Gasteiger partial charge in [-0.05, 0) is 144 Å². The van der Waals surface area contributed by atoms with E-state index >= 15 is 0 Å². The Morgan fingerprint density at radius 2 is 1.08 bits per heavy atom. The van der Waals surface area contributed by atoms with Crippen LogP contribution in [0.25, 0.3) is 0 Å². The third-order valence-electron chi connectivity index (χ3n) is 23.5. The van der Waals surface area contributed by atoms with Gasteiger partial charge in [0, 0.05) is 71.1 Å². The van der Waals surface area contributed by atoms with Crippen molar-refractivity contribution in [2.45, 2.75) is 205 Å². The Morgan fingerprint density at radius 1 is 0.672 bits per heavy atom. The monoisotopic (exact) mass is 930 g/mol. The number of hydrogen-bond acceptors (Lipinski definition) is 8. The second-order valence-corrected chi connectivity index (χ2v) is 27.3. The summed E-state index contributed by atoms with van der Waals surface area (Å²) < 4.78 is 14.1. The zero-order chi connectivity index (χ0) is 46.0. The molecule has 17 atom stereocenters. The summed E-state index contributed by atoms with van der Waals surface area (Å²) >= 11 is 2.45. The van der Waals surface area contributed by atoms with E-state index in [1.807, 2.05) is 0 Å². The molecule has 0 amide bonds. The summed E-state index contributed by atoms with van der Waals surface area (Å²) in [5.74, 6) is 2.76. The van der Waals surface area contributed by atoms with Crippen LogP contribution in [0.2, 0.25) is 0 Å². The van der Waals surface area contributed by atoms with E-state index in [0.717, 1.165) is 44.3 Å². The lowest BCUT2D eigenvalue weighted by Gasteiger charge is -2.70. The summed E-state index contributed by atoms with van der Waals surface area (Å²) in [7, 11) is 2.37. The fourth-order valence-corrected chi connectivity index (χ4v) is 20.0. The number of piperidine rings is 2. The number of nitrogens with zero attached hydrogens (tertiary/aromatic N) is 4. The van der Waals surface area contributed by atoms with Crippen LogP contribution in [0.3, 0.4) is 0 Å². The number of benzene rings is 2. The average Bonchev–Trinajstić information content (AvgIpc) is 3.66.